The van der Waals surface area contributed by atoms with Crippen molar-refractivity contribution in [3.8, 4) is 62.1 Å². The predicted octanol–water partition coefficient (Wildman–Crippen LogP) is 16.0. The maximum Gasteiger partial charge on any atom is 0.252 e. The van der Waals surface area contributed by atoms with Crippen molar-refractivity contribution < 1.29 is 0 Å². The largest absolute Gasteiger partial charge is 0.311 e. The molecular weight excluding hydrogens is 948 g/mol. The third-order valence-corrected chi connectivity index (χ3v) is 15.7. The minimum Gasteiger partial charge on any atom is -0.311 e. The fraction of sp³-hybridized carbons (Fsp3) is 0.0282. The zero-order valence-corrected chi connectivity index (χ0v) is 43.1. The van der Waals surface area contributed by atoms with E-state index in [-0.39, 0.29) is 6.71 Å². The van der Waals surface area contributed by atoms with Crippen LogP contribution in [0.3, 0.4) is 0 Å². The summed E-state index contributed by atoms with van der Waals surface area (Å²) in [6.07, 6.45) is 0. The Balaban J connectivity index is 0.918. The van der Waals surface area contributed by atoms with Crippen molar-refractivity contribution in [3.63, 3.8) is 0 Å². The molecule has 0 bridgehead atoms. The summed E-state index contributed by atoms with van der Waals surface area (Å²) in [5.74, 6) is 1.83. The number of benzene rings is 11. The standard InChI is InChI=1S/C71H49BN6/c1-46-38-40-61-57(42-46)58-43-47(2)39-41-62(58)78(61)68-55(30-18-31-56(68)71-74-69(48-20-6-3-7-21-48)73-70(75-71)49-22-8-4-9-23-49)52-26-16-24-50(44-52)51-25-17-29-54(45-51)77-64-35-15-13-33-60(64)72-59-32-12-14-34-63(59)76(53-27-10-5-11-28-53)65-36-19-37-66(77)67(65)72/h3-45H,1-2H3. The molecule has 0 fully saturated rings. The molecule has 6 nitrogen and oxygen atoms in total. The van der Waals surface area contributed by atoms with Crippen LogP contribution in [0.2, 0.25) is 0 Å². The second-order valence-electron chi connectivity index (χ2n) is 20.5. The minimum absolute atomic E-state index is 0.0691. The van der Waals surface area contributed by atoms with E-state index >= 15 is 0 Å². The van der Waals surface area contributed by atoms with Crippen molar-refractivity contribution in [2.24, 2.45) is 0 Å². The zero-order chi connectivity index (χ0) is 51.8. The maximum atomic E-state index is 5.35. The van der Waals surface area contributed by atoms with Crippen molar-refractivity contribution in [3.05, 3.63) is 272 Å². The van der Waals surface area contributed by atoms with E-state index in [4.69, 9.17) is 15.0 Å². The van der Waals surface area contributed by atoms with Gasteiger partial charge in [0.25, 0.3) is 6.71 Å². The van der Waals surface area contributed by atoms with Crippen LogP contribution in [0.5, 0.6) is 0 Å². The first-order valence-electron chi connectivity index (χ1n) is 26.7. The maximum absolute atomic E-state index is 5.35. The molecule has 2 aliphatic heterocycles. The molecule has 0 saturated heterocycles. The van der Waals surface area contributed by atoms with Gasteiger partial charge in [-0.1, -0.05) is 187 Å². The molecule has 4 heterocycles. The lowest BCUT2D eigenvalue weighted by molar-refractivity contribution is 1.06. The van der Waals surface area contributed by atoms with Gasteiger partial charge in [0.05, 0.1) is 16.7 Å². The van der Waals surface area contributed by atoms with Crippen molar-refractivity contribution in [2.75, 3.05) is 9.80 Å². The van der Waals surface area contributed by atoms with Crippen LogP contribution in [0.25, 0.3) is 83.9 Å². The van der Waals surface area contributed by atoms with E-state index in [1.54, 1.807) is 0 Å². The Hall–Kier alpha value is -10.1. The number of para-hydroxylation sites is 4. The number of aryl methyl sites for hydroxylation is 2. The van der Waals surface area contributed by atoms with Crippen LogP contribution in [-0.2, 0) is 0 Å². The van der Waals surface area contributed by atoms with Gasteiger partial charge in [-0.3, -0.25) is 0 Å². The molecule has 0 atom stereocenters. The Morgan fingerprint density at radius 2 is 0.756 bits per heavy atom. The molecule has 78 heavy (non-hydrogen) atoms. The Kier molecular flexibility index (Phi) is 10.6. The molecule has 2 aromatic heterocycles. The van der Waals surface area contributed by atoms with Gasteiger partial charge in [-0.05, 0) is 132 Å². The first-order valence-corrected chi connectivity index (χ1v) is 26.7. The average molecular weight is 997 g/mol. The predicted molar refractivity (Wildman–Crippen MR) is 325 cm³/mol. The van der Waals surface area contributed by atoms with E-state index in [0.29, 0.717) is 17.5 Å². The molecule has 13 aromatic rings. The highest BCUT2D eigenvalue weighted by molar-refractivity contribution is 7.00. The highest BCUT2D eigenvalue weighted by atomic mass is 15.2. The van der Waals surface area contributed by atoms with Gasteiger partial charge in [-0.2, -0.15) is 0 Å². The van der Waals surface area contributed by atoms with Crippen molar-refractivity contribution in [1.29, 1.82) is 0 Å². The lowest BCUT2D eigenvalue weighted by atomic mass is 9.33. The number of nitrogens with zero attached hydrogens (tertiary/aromatic N) is 6. The molecule has 0 N–H and O–H groups in total. The fourth-order valence-corrected chi connectivity index (χ4v) is 12.3. The van der Waals surface area contributed by atoms with Gasteiger partial charge in [0, 0.05) is 67.2 Å². The number of hydrogen-bond donors (Lipinski definition) is 0. The van der Waals surface area contributed by atoms with E-state index in [2.05, 4.69) is 253 Å². The SMILES string of the molecule is Cc1ccc2c(c1)c1cc(C)ccc1n2-c1c(-c2cccc(-c3cccc(N4c5ccccc5B5c6ccccc6N(c6ccccc6)c6cccc4c65)c3)c2)cccc1-c1nc(-c2ccccc2)nc(-c2ccccc2)n1. The van der Waals surface area contributed by atoms with E-state index in [9.17, 15) is 0 Å². The monoisotopic (exact) mass is 996 g/mol. The minimum atomic E-state index is 0.0691. The molecule has 15 rings (SSSR count). The summed E-state index contributed by atoms with van der Waals surface area (Å²) in [7, 11) is 0. The average Bonchev–Trinajstić information content (AvgIpc) is 3.81. The lowest BCUT2D eigenvalue weighted by Crippen LogP contribution is -2.61. The highest BCUT2D eigenvalue weighted by Crippen LogP contribution is 2.46. The molecule has 2 aliphatic rings. The zero-order valence-electron chi connectivity index (χ0n) is 43.1. The first-order chi connectivity index (χ1) is 38.5. The van der Waals surface area contributed by atoms with Crippen molar-refractivity contribution in [1.82, 2.24) is 19.5 Å². The van der Waals surface area contributed by atoms with Crippen LogP contribution >= 0.6 is 0 Å². The number of rotatable bonds is 8. The normalized spacial score (nSPS) is 12.4. The molecule has 0 aliphatic carbocycles. The fourth-order valence-electron chi connectivity index (χ4n) is 12.3. The third kappa shape index (κ3) is 7.38. The number of hydrogen-bond acceptors (Lipinski definition) is 5. The van der Waals surface area contributed by atoms with Gasteiger partial charge in [0.2, 0.25) is 0 Å². The molecule has 0 radical (unpaired) electrons. The Morgan fingerprint density at radius 3 is 1.37 bits per heavy atom. The van der Waals surface area contributed by atoms with Gasteiger partial charge in [-0.15, -0.1) is 0 Å². The summed E-state index contributed by atoms with van der Waals surface area (Å²) >= 11 is 0. The first kappa shape index (κ1) is 45.3. The van der Waals surface area contributed by atoms with E-state index in [0.717, 1.165) is 67.0 Å². The van der Waals surface area contributed by atoms with Crippen LogP contribution in [-0.4, -0.2) is 26.2 Å². The van der Waals surface area contributed by atoms with E-state index in [1.807, 2.05) is 36.4 Å². The molecule has 11 aromatic carbocycles. The van der Waals surface area contributed by atoms with Gasteiger partial charge in [0.15, 0.2) is 17.5 Å². The second-order valence-corrected chi connectivity index (χ2v) is 20.5. The van der Waals surface area contributed by atoms with Gasteiger partial charge in [0.1, 0.15) is 0 Å². The lowest BCUT2D eigenvalue weighted by Gasteiger charge is -2.44. The number of aromatic nitrogens is 4. The molecule has 0 spiro atoms. The molecule has 366 valence electrons. The summed E-state index contributed by atoms with van der Waals surface area (Å²) < 4.78 is 2.44. The topological polar surface area (TPSA) is 50.1 Å². The highest BCUT2D eigenvalue weighted by Gasteiger charge is 2.42. The molecular formula is C71H49BN6. The van der Waals surface area contributed by atoms with Gasteiger partial charge < -0.3 is 14.4 Å². The van der Waals surface area contributed by atoms with E-state index < -0.39 is 0 Å². The molecule has 0 amide bonds. The van der Waals surface area contributed by atoms with Crippen LogP contribution in [0, 0.1) is 13.8 Å². The molecule has 0 saturated carbocycles. The van der Waals surface area contributed by atoms with Crippen molar-refractivity contribution in [2.45, 2.75) is 13.8 Å². The summed E-state index contributed by atoms with van der Waals surface area (Å²) in [5, 5.41) is 2.40. The number of anilines is 6. The summed E-state index contributed by atoms with van der Waals surface area (Å²) in [6, 6.07) is 94.2. The number of fused-ring (bicyclic) bond motifs is 7. The van der Waals surface area contributed by atoms with Crippen LogP contribution in [0.15, 0.2) is 261 Å². The smallest absolute Gasteiger partial charge is 0.252 e. The summed E-state index contributed by atoms with van der Waals surface area (Å²) in [6.45, 7) is 4.41. The quantitative estimate of drug-likeness (QED) is 0.142. The Morgan fingerprint density at radius 1 is 0.321 bits per heavy atom. The Bertz CT molecular complexity index is 4380. The van der Waals surface area contributed by atoms with Crippen LogP contribution in [0.1, 0.15) is 11.1 Å². The summed E-state index contributed by atoms with van der Waals surface area (Å²) in [4.78, 5) is 20.7. The van der Waals surface area contributed by atoms with Gasteiger partial charge in [-0.25, -0.2) is 15.0 Å². The summed E-state index contributed by atoms with van der Waals surface area (Å²) in [5.41, 5.74) is 23.7. The van der Waals surface area contributed by atoms with Crippen LogP contribution in [0.4, 0.5) is 34.1 Å². The molecule has 7 heteroatoms. The van der Waals surface area contributed by atoms with Gasteiger partial charge >= 0.3 is 0 Å². The Labute approximate surface area is 454 Å². The van der Waals surface area contributed by atoms with Crippen LogP contribution < -0.4 is 26.2 Å². The second kappa shape index (κ2) is 18.3. The third-order valence-electron chi connectivity index (χ3n) is 15.7. The van der Waals surface area contributed by atoms with Crippen molar-refractivity contribution >= 4 is 79.0 Å². The van der Waals surface area contributed by atoms with E-state index in [1.165, 1.54) is 61.0 Å². The molecule has 0 unspecified atom stereocenters.